The molecule has 1 unspecified atom stereocenters. The Hall–Kier alpha value is -1.06. The molecule has 3 aliphatic rings. The molecule has 136 valence electrons. The number of likely N-dealkylation sites (tertiary alicyclic amines) is 1. The average molecular weight is 335 g/mol. The van der Waals surface area contributed by atoms with Crippen molar-refractivity contribution in [3.05, 3.63) is 0 Å². The molecule has 0 N–H and O–H groups in total. The third-order valence-electron chi connectivity index (χ3n) is 6.26. The maximum absolute atomic E-state index is 12.4. The molecule has 0 aromatic carbocycles. The normalized spacial score (nSPS) is 27.4. The third-order valence-corrected chi connectivity index (χ3v) is 6.26. The summed E-state index contributed by atoms with van der Waals surface area (Å²) in [6.45, 7) is 7.37. The van der Waals surface area contributed by atoms with Crippen LogP contribution in [-0.4, -0.2) is 35.5 Å². The number of ketones is 1. The number of rotatable bonds is 4. The molecule has 1 aliphatic heterocycles. The maximum atomic E-state index is 12.4. The number of amides is 1. The summed E-state index contributed by atoms with van der Waals surface area (Å²) < 4.78 is 5.55. The van der Waals surface area contributed by atoms with Crippen molar-refractivity contribution in [3.63, 3.8) is 0 Å². The summed E-state index contributed by atoms with van der Waals surface area (Å²) in [7, 11) is 0. The number of ether oxygens (including phenoxy) is 1. The van der Waals surface area contributed by atoms with Gasteiger partial charge in [0.2, 0.25) is 0 Å². The van der Waals surface area contributed by atoms with Gasteiger partial charge in [0, 0.05) is 25.9 Å². The van der Waals surface area contributed by atoms with Gasteiger partial charge in [-0.05, 0) is 70.1 Å². The van der Waals surface area contributed by atoms with Gasteiger partial charge < -0.3 is 9.64 Å². The van der Waals surface area contributed by atoms with Crippen LogP contribution in [0.2, 0.25) is 0 Å². The van der Waals surface area contributed by atoms with Crippen molar-refractivity contribution in [1.29, 1.82) is 0 Å². The average Bonchev–Trinajstić information content (AvgIpc) is 3.19. The monoisotopic (exact) mass is 335 g/mol. The molecule has 0 aromatic rings. The van der Waals surface area contributed by atoms with Gasteiger partial charge in [0.15, 0.2) is 0 Å². The molecule has 3 rings (SSSR count). The zero-order valence-electron chi connectivity index (χ0n) is 15.6. The predicted octanol–water partition coefficient (Wildman–Crippen LogP) is 4.56. The number of carbonyl (C=O) groups excluding carboxylic acids is 2. The van der Waals surface area contributed by atoms with E-state index in [1.807, 2.05) is 25.7 Å². The summed E-state index contributed by atoms with van der Waals surface area (Å²) >= 11 is 0. The second-order valence-electron chi connectivity index (χ2n) is 9.30. The summed E-state index contributed by atoms with van der Waals surface area (Å²) in [4.78, 5) is 26.0. The van der Waals surface area contributed by atoms with Crippen molar-refractivity contribution < 1.29 is 14.3 Å². The Bertz CT molecular complexity index is 480. The lowest BCUT2D eigenvalue weighted by Crippen LogP contribution is -2.39. The number of nitrogens with zero attached hydrogens (tertiary/aromatic N) is 1. The summed E-state index contributed by atoms with van der Waals surface area (Å²) in [5, 5.41) is 0. The van der Waals surface area contributed by atoms with Crippen LogP contribution in [0.25, 0.3) is 0 Å². The standard InChI is InChI=1S/C20H33NO3/c1-19(2,3)24-18(23)21-13-9-16(14-21)20(10-6-15-4-5-15)11-7-17(22)8-12-20/h15-16H,4-14H2,1-3H3. The van der Waals surface area contributed by atoms with Gasteiger partial charge in [-0.1, -0.05) is 12.8 Å². The second-order valence-corrected chi connectivity index (χ2v) is 9.30. The molecule has 24 heavy (non-hydrogen) atoms. The lowest BCUT2D eigenvalue weighted by atomic mass is 9.62. The molecule has 0 spiro atoms. The number of carbonyl (C=O) groups is 2. The van der Waals surface area contributed by atoms with Crippen molar-refractivity contribution >= 4 is 11.9 Å². The van der Waals surface area contributed by atoms with Gasteiger partial charge >= 0.3 is 6.09 Å². The molecule has 2 aliphatic carbocycles. The van der Waals surface area contributed by atoms with Crippen LogP contribution in [0.3, 0.4) is 0 Å². The van der Waals surface area contributed by atoms with Gasteiger partial charge in [-0.3, -0.25) is 4.79 Å². The molecule has 1 atom stereocenters. The van der Waals surface area contributed by atoms with Gasteiger partial charge in [0.25, 0.3) is 0 Å². The molecule has 1 amide bonds. The Balaban J connectivity index is 1.63. The zero-order valence-corrected chi connectivity index (χ0v) is 15.6. The fourth-order valence-corrected chi connectivity index (χ4v) is 4.54. The van der Waals surface area contributed by atoms with Gasteiger partial charge in [0.05, 0.1) is 0 Å². The topological polar surface area (TPSA) is 46.6 Å². The Labute approximate surface area is 146 Å². The molecule has 1 heterocycles. The van der Waals surface area contributed by atoms with E-state index in [0.29, 0.717) is 11.7 Å². The Morgan fingerprint density at radius 3 is 2.46 bits per heavy atom. The van der Waals surface area contributed by atoms with E-state index in [2.05, 4.69) is 0 Å². The lowest BCUT2D eigenvalue weighted by Gasteiger charge is -2.42. The highest BCUT2D eigenvalue weighted by atomic mass is 16.6. The SMILES string of the molecule is CC(C)(C)OC(=O)N1CCC(C2(CCC3CC3)CCC(=O)CC2)C1. The minimum Gasteiger partial charge on any atom is -0.444 e. The molecule has 0 radical (unpaired) electrons. The van der Waals surface area contributed by atoms with Crippen LogP contribution in [0.1, 0.15) is 78.6 Å². The summed E-state index contributed by atoms with van der Waals surface area (Å²) in [5.41, 5.74) is -0.149. The summed E-state index contributed by atoms with van der Waals surface area (Å²) in [6.07, 6.45) is 9.80. The zero-order chi connectivity index (χ0) is 17.4. The second kappa shape index (κ2) is 6.68. The highest BCUT2D eigenvalue weighted by molar-refractivity contribution is 5.79. The van der Waals surface area contributed by atoms with Crippen molar-refractivity contribution in [3.8, 4) is 0 Å². The van der Waals surface area contributed by atoms with Crippen molar-refractivity contribution in [2.45, 2.75) is 84.2 Å². The van der Waals surface area contributed by atoms with E-state index in [4.69, 9.17) is 4.74 Å². The van der Waals surface area contributed by atoms with E-state index < -0.39 is 5.60 Å². The van der Waals surface area contributed by atoms with Gasteiger partial charge in [-0.2, -0.15) is 0 Å². The predicted molar refractivity (Wildman–Crippen MR) is 93.8 cm³/mol. The highest BCUT2D eigenvalue weighted by Gasteiger charge is 2.45. The van der Waals surface area contributed by atoms with E-state index in [-0.39, 0.29) is 11.5 Å². The third kappa shape index (κ3) is 4.31. The summed E-state index contributed by atoms with van der Waals surface area (Å²) in [5.74, 6) is 1.90. The van der Waals surface area contributed by atoms with Gasteiger partial charge in [-0.25, -0.2) is 4.79 Å². The first-order chi connectivity index (χ1) is 11.3. The minimum atomic E-state index is -0.434. The number of hydrogen-bond acceptors (Lipinski definition) is 3. The maximum Gasteiger partial charge on any atom is 0.410 e. The molecule has 4 heteroatoms. The van der Waals surface area contributed by atoms with Crippen LogP contribution < -0.4 is 0 Å². The Morgan fingerprint density at radius 2 is 1.88 bits per heavy atom. The van der Waals surface area contributed by atoms with Gasteiger partial charge in [0.1, 0.15) is 11.4 Å². The molecule has 0 bridgehead atoms. The fourth-order valence-electron chi connectivity index (χ4n) is 4.54. The molecule has 4 nitrogen and oxygen atoms in total. The van der Waals surface area contributed by atoms with E-state index in [1.165, 1.54) is 25.7 Å². The van der Waals surface area contributed by atoms with E-state index >= 15 is 0 Å². The smallest absolute Gasteiger partial charge is 0.410 e. The first-order valence-corrected chi connectivity index (χ1v) is 9.77. The minimum absolute atomic E-state index is 0.172. The lowest BCUT2D eigenvalue weighted by molar-refractivity contribution is -0.123. The molecular weight excluding hydrogens is 302 g/mol. The molecule has 0 aromatic heterocycles. The van der Waals surface area contributed by atoms with Crippen LogP contribution in [0.5, 0.6) is 0 Å². The van der Waals surface area contributed by atoms with E-state index in [1.54, 1.807) is 0 Å². The summed E-state index contributed by atoms with van der Waals surface area (Å²) in [6, 6.07) is 0. The van der Waals surface area contributed by atoms with Gasteiger partial charge in [-0.15, -0.1) is 0 Å². The molecule has 2 saturated carbocycles. The quantitative estimate of drug-likeness (QED) is 0.756. The van der Waals surface area contributed by atoms with Crippen molar-refractivity contribution in [2.24, 2.45) is 17.3 Å². The van der Waals surface area contributed by atoms with Crippen LogP contribution in [0, 0.1) is 17.3 Å². The first kappa shape index (κ1) is 17.8. The Kier molecular flexibility index (Phi) is 4.94. The largest absolute Gasteiger partial charge is 0.444 e. The van der Waals surface area contributed by atoms with Crippen LogP contribution >= 0.6 is 0 Å². The van der Waals surface area contributed by atoms with E-state index in [0.717, 1.165) is 51.1 Å². The molecule has 1 saturated heterocycles. The highest BCUT2D eigenvalue weighted by Crippen LogP contribution is 2.51. The molecule has 3 fully saturated rings. The van der Waals surface area contributed by atoms with E-state index in [9.17, 15) is 9.59 Å². The number of Topliss-reactive ketones (excluding diaryl/α,β-unsaturated/α-hetero) is 1. The Morgan fingerprint density at radius 1 is 1.21 bits per heavy atom. The van der Waals surface area contributed by atoms with Crippen molar-refractivity contribution in [1.82, 2.24) is 4.90 Å². The van der Waals surface area contributed by atoms with Crippen molar-refractivity contribution in [2.75, 3.05) is 13.1 Å². The van der Waals surface area contributed by atoms with Crippen LogP contribution in [0.15, 0.2) is 0 Å². The van der Waals surface area contributed by atoms with Crippen LogP contribution in [-0.2, 0) is 9.53 Å². The van der Waals surface area contributed by atoms with Crippen LogP contribution in [0.4, 0.5) is 4.79 Å². The first-order valence-electron chi connectivity index (χ1n) is 9.77. The fraction of sp³-hybridized carbons (Fsp3) is 0.900. The molecular formula is C20H33NO3. The number of hydrogen-bond donors (Lipinski definition) is 0.